The van der Waals surface area contributed by atoms with E-state index >= 15 is 0 Å². The SMILES string of the molecule is COc1nn(C)c2nc(C)c(CCC(=O)NCc3noc(C(C)(C)C)n3)c(C)c12. The predicted molar refractivity (Wildman–Crippen MR) is 108 cm³/mol. The average molecular weight is 400 g/mol. The number of aromatic nitrogens is 5. The Labute approximate surface area is 169 Å². The Morgan fingerprint density at radius 3 is 2.59 bits per heavy atom. The van der Waals surface area contributed by atoms with E-state index in [0.29, 0.717) is 30.4 Å². The highest BCUT2D eigenvalue weighted by Crippen LogP contribution is 2.30. The van der Waals surface area contributed by atoms with Crippen molar-refractivity contribution in [2.24, 2.45) is 7.05 Å². The number of fused-ring (bicyclic) bond motifs is 1. The molecule has 3 heterocycles. The molecule has 0 bridgehead atoms. The maximum Gasteiger partial charge on any atom is 0.242 e. The van der Waals surface area contributed by atoms with Gasteiger partial charge in [0.2, 0.25) is 17.7 Å². The van der Waals surface area contributed by atoms with Crippen LogP contribution in [-0.2, 0) is 30.2 Å². The molecule has 1 amide bonds. The molecule has 0 saturated carbocycles. The van der Waals surface area contributed by atoms with Gasteiger partial charge in [-0.15, -0.1) is 5.10 Å². The number of hydrogen-bond acceptors (Lipinski definition) is 7. The van der Waals surface area contributed by atoms with E-state index in [-0.39, 0.29) is 17.9 Å². The second-order valence-electron chi connectivity index (χ2n) is 8.17. The number of nitrogens with one attached hydrogen (secondary N) is 1. The Morgan fingerprint density at radius 2 is 1.97 bits per heavy atom. The molecule has 0 aliphatic carbocycles. The zero-order valence-electron chi connectivity index (χ0n) is 18.1. The van der Waals surface area contributed by atoms with Gasteiger partial charge in [0.05, 0.1) is 19.0 Å². The Hall–Kier alpha value is -2.97. The minimum absolute atomic E-state index is 0.0795. The van der Waals surface area contributed by atoms with E-state index in [1.54, 1.807) is 11.8 Å². The van der Waals surface area contributed by atoms with Crippen LogP contribution in [0.5, 0.6) is 5.88 Å². The minimum Gasteiger partial charge on any atom is -0.479 e. The van der Waals surface area contributed by atoms with Gasteiger partial charge in [0.1, 0.15) is 0 Å². The number of hydrogen-bond donors (Lipinski definition) is 1. The van der Waals surface area contributed by atoms with Crippen molar-refractivity contribution in [1.29, 1.82) is 0 Å². The summed E-state index contributed by atoms with van der Waals surface area (Å²) in [7, 11) is 3.43. The number of amides is 1. The van der Waals surface area contributed by atoms with Crippen molar-refractivity contribution in [3.63, 3.8) is 0 Å². The van der Waals surface area contributed by atoms with Gasteiger partial charge in [0.15, 0.2) is 11.5 Å². The molecule has 0 unspecified atom stereocenters. The molecular weight excluding hydrogens is 372 g/mol. The average Bonchev–Trinajstić information content (AvgIpc) is 3.24. The van der Waals surface area contributed by atoms with E-state index in [0.717, 1.165) is 27.9 Å². The summed E-state index contributed by atoms with van der Waals surface area (Å²) < 4.78 is 12.3. The Balaban J connectivity index is 1.67. The van der Waals surface area contributed by atoms with Gasteiger partial charge in [-0.2, -0.15) is 4.98 Å². The number of methoxy groups -OCH3 is 1. The molecule has 0 aliphatic heterocycles. The normalized spacial score (nSPS) is 11.8. The summed E-state index contributed by atoms with van der Waals surface area (Å²) in [6, 6.07) is 0. The maximum absolute atomic E-state index is 12.3. The third kappa shape index (κ3) is 4.23. The minimum atomic E-state index is -0.219. The predicted octanol–water partition coefficient (Wildman–Crippen LogP) is 2.52. The van der Waals surface area contributed by atoms with Crippen molar-refractivity contribution in [3.8, 4) is 5.88 Å². The van der Waals surface area contributed by atoms with Gasteiger partial charge in [-0.3, -0.25) is 4.79 Å². The van der Waals surface area contributed by atoms with E-state index in [4.69, 9.17) is 9.26 Å². The second-order valence-corrected chi connectivity index (χ2v) is 8.17. The van der Waals surface area contributed by atoms with Gasteiger partial charge in [-0.05, 0) is 31.4 Å². The third-order valence-corrected chi connectivity index (χ3v) is 4.87. The van der Waals surface area contributed by atoms with Crippen molar-refractivity contribution in [2.45, 2.75) is 59.4 Å². The van der Waals surface area contributed by atoms with Crippen LogP contribution >= 0.6 is 0 Å². The number of rotatable bonds is 6. The van der Waals surface area contributed by atoms with E-state index in [2.05, 4.69) is 25.5 Å². The highest BCUT2D eigenvalue weighted by atomic mass is 16.5. The van der Waals surface area contributed by atoms with Crippen molar-refractivity contribution in [1.82, 2.24) is 30.2 Å². The molecule has 0 radical (unpaired) electrons. The molecule has 0 saturated heterocycles. The van der Waals surface area contributed by atoms with E-state index in [1.165, 1.54) is 0 Å². The summed E-state index contributed by atoms with van der Waals surface area (Å²) in [6.07, 6.45) is 0.908. The number of carbonyl (C=O) groups is 1. The lowest BCUT2D eigenvalue weighted by Crippen LogP contribution is -2.24. The van der Waals surface area contributed by atoms with E-state index in [9.17, 15) is 4.79 Å². The molecule has 0 fully saturated rings. The molecule has 9 heteroatoms. The number of ether oxygens (including phenoxy) is 1. The largest absolute Gasteiger partial charge is 0.479 e. The third-order valence-electron chi connectivity index (χ3n) is 4.87. The molecule has 3 aromatic heterocycles. The lowest BCUT2D eigenvalue weighted by atomic mass is 9.97. The van der Waals surface area contributed by atoms with Crippen molar-refractivity contribution < 1.29 is 14.1 Å². The fraction of sp³-hybridized carbons (Fsp3) is 0.550. The van der Waals surface area contributed by atoms with Gasteiger partial charge in [0.25, 0.3) is 0 Å². The zero-order valence-corrected chi connectivity index (χ0v) is 18.1. The lowest BCUT2D eigenvalue weighted by Gasteiger charge is -2.11. The smallest absolute Gasteiger partial charge is 0.242 e. The van der Waals surface area contributed by atoms with Gasteiger partial charge in [0, 0.05) is 24.6 Å². The molecule has 9 nitrogen and oxygen atoms in total. The van der Waals surface area contributed by atoms with Crippen LogP contribution < -0.4 is 10.1 Å². The summed E-state index contributed by atoms with van der Waals surface area (Å²) in [5.41, 5.74) is 3.52. The Kier molecular flexibility index (Phi) is 5.59. The molecule has 29 heavy (non-hydrogen) atoms. The standard InChI is InChI=1S/C20H28N6O3/c1-11-13(12(2)22-17-16(11)18(28-7)24-26(17)6)8-9-15(27)21-10-14-23-19(29-25-14)20(3,4)5/h8-10H2,1-7H3,(H,21,27). The monoisotopic (exact) mass is 400 g/mol. The molecular formula is C20H28N6O3. The first-order valence-electron chi connectivity index (χ1n) is 9.58. The van der Waals surface area contributed by atoms with Crippen LogP contribution in [0.25, 0.3) is 11.0 Å². The van der Waals surface area contributed by atoms with Crippen LogP contribution in [0.4, 0.5) is 0 Å². The quantitative estimate of drug-likeness (QED) is 0.677. The summed E-state index contributed by atoms with van der Waals surface area (Å²) in [5.74, 6) is 1.49. The summed E-state index contributed by atoms with van der Waals surface area (Å²) >= 11 is 0. The van der Waals surface area contributed by atoms with Crippen LogP contribution in [0.3, 0.4) is 0 Å². The number of pyridine rings is 1. The molecule has 0 atom stereocenters. The summed E-state index contributed by atoms with van der Waals surface area (Å²) in [6.45, 7) is 10.2. The summed E-state index contributed by atoms with van der Waals surface area (Å²) in [4.78, 5) is 21.3. The van der Waals surface area contributed by atoms with Crippen molar-refractivity contribution >= 4 is 16.9 Å². The van der Waals surface area contributed by atoms with E-state index in [1.807, 2.05) is 41.7 Å². The number of carbonyl (C=O) groups excluding carboxylic acids is 1. The second kappa shape index (κ2) is 7.81. The van der Waals surface area contributed by atoms with Gasteiger partial charge in [-0.1, -0.05) is 25.9 Å². The lowest BCUT2D eigenvalue weighted by molar-refractivity contribution is -0.121. The molecule has 1 N–H and O–H groups in total. The van der Waals surface area contributed by atoms with Crippen LogP contribution in [0.15, 0.2) is 4.52 Å². The van der Waals surface area contributed by atoms with Crippen molar-refractivity contribution in [3.05, 3.63) is 28.5 Å². The zero-order chi connectivity index (χ0) is 21.3. The first-order chi connectivity index (χ1) is 13.6. The van der Waals surface area contributed by atoms with Crippen molar-refractivity contribution in [2.75, 3.05) is 7.11 Å². The first kappa shape index (κ1) is 20.8. The van der Waals surface area contributed by atoms with Crippen LogP contribution in [-0.4, -0.2) is 37.9 Å². The van der Waals surface area contributed by atoms with E-state index < -0.39 is 0 Å². The van der Waals surface area contributed by atoms with Gasteiger partial charge >= 0.3 is 0 Å². The Bertz CT molecular complexity index is 1040. The van der Waals surface area contributed by atoms with Crippen LogP contribution in [0.1, 0.15) is 55.7 Å². The molecule has 0 spiro atoms. The van der Waals surface area contributed by atoms with Crippen LogP contribution in [0, 0.1) is 13.8 Å². The first-order valence-corrected chi connectivity index (χ1v) is 9.58. The highest BCUT2D eigenvalue weighted by Gasteiger charge is 2.22. The van der Waals surface area contributed by atoms with Gasteiger partial charge < -0.3 is 14.6 Å². The fourth-order valence-corrected chi connectivity index (χ4v) is 3.24. The molecule has 3 aromatic rings. The molecule has 0 aliphatic rings. The molecule has 3 rings (SSSR count). The summed E-state index contributed by atoms with van der Waals surface area (Å²) in [5, 5.41) is 12.0. The molecule has 0 aromatic carbocycles. The molecule has 156 valence electrons. The number of nitrogens with zero attached hydrogens (tertiary/aromatic N) is 5. The number of aryl methyl sites for hydroxylation is 3. The Morgan fingerprint density at radius 1 is 1.24 bits per heavy atom. The van der Waals surface area contributed by atoms with Gasteiger partial charge in [-0.25, -0.2) is 9.67 Å². The topological polar surface area (TPSA) is 108 Å². The van der Waals surface area contributed by atoms with Crippen LogP contribution in [0.2, 0.25) is 0 Å². The highest BCUT2D eigenvalue weighted by molar-refractivity contribution is 5.86. The fourth-order valence-electron chi connectivity index (χ4n) is 3.24. The maximum atomic E-state index is 12.3.